The van der Waals surface area contributed by atoms with E-state index in [1.54, 1.807) is 0 Å². The molecule has 2 aliphatic rings. The minimum absolute atomic E-state index is 0.0256. The second-order valence-corrected chi connectivity index (χ2v) is 4.94. The molecule has 16 heavy (non-hydrogen) atoms. The van der Waals surface area contributed by atoms with E-state index < -0.39 is 0 Å². The Balaban J connectivity index is 1.81. The van der Waals surface area contributed by atoms with Gasteiger partial charge in [-0.25, -0.2) is 0 Å². The number of rotatable bonds is 4. The van der Waals surface area contributed by atoms with Gasteiger partial charge in [0.05, 0.1) is 13.2 Å². The third kappa shape index (κ3) is 2.74. The molecule has 0 aromatic carbocycles. The smallest absolute Gasteiger partial charge is 0.234 e. The molecule has 0 aromatic rings. The number of hydrogen-bond donors (Lipinski definition) is 2. The Labute approximate surface area is 97.0 Å². The molecule has 2 unspecified atom stereocenters. The summed E-state index contributed by atoms with van der Waals surface area (Å²) in [5, 5.41) is 11.4. The first-order chi connectivity index (χ1) is 7.81. The molecule has 1 aliphatic heterocycles. The van der Waals surface area contributed by atoms with Gasteiger partial charge in [-0.05, 0) is 38.1 Å². The first-order valence-electron chi connectivity index (χ1n) is 6.43. The van der Waals surface area contributed by atoms with Crippen molar-refractivity contribution in [2.75, 3.05) is 26.2 Å². The van der Waals surface area contributed by atoms with Gasteiger partial charge in [0.1, 0.15) is 0 Å². The van der Waals surface area contributed by atoms with Crippen LogP contribution in [-0.4, -0.2) is 48.2 Å². The van der Waals surface area contributed by atoms with E-state index in [1.165, 1.54) is 32.1 Å². The van der Waals surface area contributed by atoms with E-state index >= 15 is 0 Å². The zero-order chi connectivity index (χ0) is 11.4. The van der Waals surface area contributed by atoms with Crippen molar-refractivity contribution in [1.82, 2.24) is 10.2 Å². The SMILES string of the molecule is O=C(CN1CCCC2CCCC21)NCCO. The lowest BCUT2D eigenvalue weighted by Gasteiger charge is -2.37. The van der Waals surface area contributed by atoms with Crippen LogP contribution < -0.4 is 5.32 Å². The molecule has 1 saturated heterocycles. The second-order valence-electron chi connectivity index (χ2n) is 4.94. The highest BCUT2D eigenvalue weighted by molar-refractivity contribution is 5.78. The molecule has 2 atom stereocenters. The van der Waals surface area contributed by atoms with Crippen molar-refractivity contribution in [2.24, 2.45) is 5.92 Å². The summed E-state index contributed by atoms with van der Waals surface area (Å²) < 4.78 is 0. The van der Waals surface area contributed by atoms with Crippen LogP contribution in [0.15, 0.2) is 0 Å². The summed E-state index contributed by atoms with van der Waals surface area (Å²) in [6, 6.07) is 0.647. The number of aliphatic hydroxyl groups excluding tert-OH is 1. The Morgan fingerprint density at radius 2 is 2.12 bits per heavy atom. The summed E-state index contributed by atoms with van der Waals surface area (Å²) in [6.45, 7) is 1.98. The molecule has 4 heteroatoms. The van der Waals surface area contributed by atoms with Crippen LogP contribution in [0.3, 0.4) is 0 Å². The van der Waals surface area contributed by atoms with Gasteiger partial charge in [0.15, 0.2) is 0 Å². The Kier molecular flexibility index (Phi) is 4.18. The quantitative estimate of drug-likeness (QED) is 0.728. The summed E-state index contributed by atoms with van der Waals surface area (Å²) in [5.41, 5.74) is 0. The standard InChI is InChI=1S/C12H22N2O2/c15-8-6-13-12(16)9-14-7-2-4-10-3-1-5-11(10)14/h10-11,15H,1-9H2,(H,13,16). The summed E-state index contributed by atoms with van der Waals surface area (Å²) in [4.78, 5) is 13.9. The van der Waals surface area contributed by atoms with Crippen molar-refractivity contribution in [3.63, 3.8) is 0 Å². The number of amides is 1. The summed E-state index contributed by atoms with van der Waals surface area (Å²) >= 11 is 0. The van der Waals surface area contributed by atoms with Gasteiger partial charge in [0, 0.05) is 12.6 Å². The number of likely N-dealkylation sites (tertiary alicyclic amines) is 1. The minimum Gasteiger partial charge on any atom is -0.395 e. The van der Waals surface area contributed by atoms with Crippen LogP contribution in [0.25, 0.3) is 0 Å². The van der Waals surface area contributed by atoms with Crippen molar-refractivity contribution in [2.45, 2.75) is 38.1 Å². The molecule has 1 heterocycles. The number of nitrogens with one attached hydrogen (secondary N) is 1. The maximum atomic E-state index is 11.6. The summed E-state index contributed by atoms with van der Waals surface area (Å²) in [6.07, 6.45) is 6.51. The van der Waals surface area contributed by atoms with Crippen LogP contribution in [0.1, 0.15) is 32.1 Å². The third-order valence-electron chi connectivity index (χ3n) is 3.89. The van der Waals surface area contributed by atoms with Crippen LogP contribution in [0.2, 0.25) is 0 Å². The first-order valence-corrected chi connectivity index (χ1v) is 6.43. The summed E-state index contributed by atoms with van der Waals surface area (Å²) in [5.74, 6) is 0.890. The van der Waals surface area contributed by atoms with E-state index in [-0.39, 0.29) is 12.5 Å². The summed E-state index contributed by atoms with van der Waals surface area (Å²) in [7, 11) is 0. The number of carbonyl (C=O) groups is 1. The number of piperidine rings is 1. The lowest BCUT2D eigenvalue weighted by atomic mass is 9.92. The van der Waals surface area contributed by atoms with Gasteiger partial charge >= 0.3 is 0 Å². The van der Waals surface area contributed by atoms with Gasteiger partial charge in [-0.15, -0.1) is 0 Å². The molecular weight excluding hydrogens is 204 g/mol. The molecule has 92 valence electrons. The maximum absolute atomic E-state index is 11.6. The van der Waals surface area contributed by atoms with Crippen LogP contribution in [0.5, 0.6) is 0 Å². The van der Waals surface area contributed by atoms with Crippen molar-refractivity contribution >= 4 is 5.91 Å². The van der Waals surface area contributed by atoms with E-state index in [0.29, 0.717) is 19.1 Å². The maximum Gasteiger partial charge on any atom is 0.234 e. The van der Waals surface area contributed by atoms with Gasteiger partial charge in [0.2, 0.25) is 5.91 Å². The number of aliphatic hydroxyl groups is 1. The highest BCUT2D eigenvalue weighted by atomic mass is 16.3. The van der Waals surface area contributed by atoms with Gasteiger partial charge < -0.3 is 10.4 Å². The predicted molar refractivity (Wildman–Crippen MR) is 62.0 cm³/mol. The molecule has 0 radical (unpaired) electrons. The fraction of sp³-hybridized carbons (Fsp3) is 0.917. The number of fused-ring (bicyclic) bond motifs is 1. The fourth-order valence-corrected chi connectivity index (χ4v) is 3.19. The van der Waals surface area contributed by atoms with Crippen molar-refractivity contribution < 1.29 is 9.90 Å². The second kappa shape index (κ2) is 5.64. The molecule has 2 rings (SSSR count). The van der Waals surface area contributed by atoms with Crippen molar-refractivity contribution in [3.8, 4) is 0 Å². The van der Waals surface area contributed by atoms with Crippen LogP contribution in [0, 0.1) is 5.92 Å². The molecule has 2 N–H and O–H groups in total. The first kappa shape index (κ1) is 11.9. The fourth-order valence-electron chi connectivity index (χ4n) is 3.19. The monoisotopic (exact) mass is 226 g/mol. The zero-order valence-electron chi connectivity index (χ0n) is 9.82. The zero-order valence-corrected chi connectivity index (χ0v) is 9.82. The van der Waals surface area contributed by atoms with E-state index in [4.69, 9.17) is 5.11 Å². The number of hydrogen-bond acceptors (Lipinski definition) is 3. The lowest BCUT2D eigenvalue weighted by Crippen LogP contribution is -2.47. The van der Waals surface area contributed by atoms with E-state index in [0.717, 1.165) is 12.5 Å². The third-order valence-corrected chi connectivity index (χ3v) is 3.89. The molecule has 0 bridgehead atoms. The van der Waals surface area contributed by atoms with Gasteiger partial charge in [-0.3, -0.25) is 9.69 Å². The van der Waals surface area contributed by atoms with Crippen molar-refractivity contribution in [1.29, 1.82) is 0 Å². The lowest BCUT2D eigenvalue weighted by molar-refractivity contribution is -0.123. The van der Waals surface area contributed by atoms with Crippen LogP contribution >= 0.6 is 0 Å². The topological polar surface area (TPSA) is 52.6 Å². The van der Waals surface area contributed by atoms with Gasteiger partial charge in [-0.2, -0.15) is 0 Å². The number of carbonyl (C=O) groups excluding carboxylic acids is 1. The Bertz CT molecular complexity index is 245. The Hall–Kier alpha value is -0.610. The minimum atomic E-state index is 0.0256. The average molecular weight is 226 g/mol. The van der Waals surface area contributed by atoms with Gasteiger partial charge in [0.25, 0.3) is 0 Å². The Morgan fingerprint density at radius 3 is 2.94 bits per heavy atom. The Morgan fingerprint density at radius 1 is 1.31 bits per heavy atom. The normalized spacial score (nSPS) is 30.1. The molecule has 0 spiro atoms. The molecule has 4 nitrogen and oxygen atoms in total. The van der Waals surface area contributed by atoms with E-state index in [2.05, 4.69) is 10.2 Å². The molecule has 0 aromatic heterocycles. The predicted octanol–water partition coefficient (Wildman–Crippen LogP) is 0.359. The largest absolute Gasteiger partial charge is 0.395 e. The highest BCUT2D eigenvalue weighted by Crippen LogP contribution is 2.36. The van der Waals surface area contributed by atoms with Crippen molar-refractivity contribution in [3.05, 3.63) is 0 Å². The number of nitrogens with zero attached hydrogens (tertiary/aromatic N) is 1. The van der Waals surface area contributed by atoms with Crippen LogP contribution in [-0.2, 0) is 4.79 Å². The highest BCUT2D eigenvalue weighted by Gasteiger charge is 2.35. The molecule has 1 amide bonds. The molecule has 1 saturated carbocycles. The molecule has 2 fully saturated rings. The van der Waals surface area contributed by atoms with E-state index in [1.807, 2.05) is 0 Å². The average Bonchev–Trinajstić information content (AvgIpc) is 2.75. The van der Waals surface area contributed by atoms with E-state index in [9.17, 15) is 4.79 Å². The van der Waals surface area contributed by atoms with Crippen LogP contribution in [0.4, 0.5) is 0 Å². The van der Waals surface area contributed by atoms with Gasteiger partial charge in [-0.1, -0.05) is 6.42 Å². The molecule has 1 aliphatic carbocycles. The molecular formula is C12H22N2O2.